The number of rotatable bonds is 5. The lowest BCUT2D eigenvalue weighted by Gasteiger charge is -2.38. The fourth-order valence-corrected chi connectivity index (χ4v) is 3.18. The summed E-state index contributed by atoms with van der Waals surface area (Å²) in [6.45, 7) is 9.56. The van der Waals surface area contributed by atoms with Gasteiger partial charge in [0.2, 0.25) is 0 Å². The first-order chi connectivity index (χ1) is 10.9. The van der Waals surface area contributed by atoms with Crippen molar-refractivity contribution in [3.8, 4) is 0 Å². The van der Waals surface area contributed by atoms with Gasteiger partial charge in [-0.3, -0.25) is 9.69 Å². The molecule has 128 valence electrons. The molecule has 1 fully saturated rings. The van der Waals surface area contributed by atoms with Crippen molar-refractivity contribution >= 4 is 23.3 Å². The van der Waals surface area contributed by atoms with Gasteiger partial charge in [0.15, 0.2) is 0 Å². The van der Waals surface area contributed by atoms with Gasteiger partial charge >= 0.3 is 0 Å². The van der Waals surface area contributed by atoms with Crippen LogP contribution in [0.2, 0.25) is 5.02 Å². The second-order valence-electron chi connectivity index (χ2n) is 6.83. The Morgan fingerprint density at radius 3 is 2.70 bits per heavy atom. The molecule has 6 heteroatoms. The van der Waals surface area contributed by atoms with Gasteiger partial charge in [0.05, 0.1) is 10.6 Å². The highest BCUT2D eigenvalue weighted by Crippen LogP contribution is 2.21. The van der Waals surface area contributed by atoms with E-state index in [0.29, 0.717) is 29.1 Å². The molecule has 1 aliphatic rings. The molecule has 0 spiro atoms. The first kappa shape index (κ1) is 18.0. The second-order valence-corrected chi connectivity index (χ2v) is 7.24. The molecule has 0 aliphatic carbocycles. The van der Waals surface area contributed by atoms with Crippen molar-refractivity contribution in [2.24, 2.45) is 11.8 Å². The van der Waals surface area contributed by atoms with E-state index < -0.39 is 0 Å². The molecular formula is C17H27ClN4O. The summed E-state index contributed by atoms with van der Waals surface area (Å²) in [4.78, 5) is 18.7. The van der Waals surface area contributed by atoms with E-state index in [2.05, 4.69) is 36.0 Å². The molecule has 1 aliphatic heterocycles. The van der Waals surface area contributed by atoms with Crippen molar-refractivity contribution in [2.45, 2.75) is 39.7 Å². The lowest BCUT2D eigenvalue weighted by molar-refractivity contribution is 0.0862. The number of nitrogens with one attached hydrogen (secondary N) is 1. The lowest BCUT2D eigenvalue weighted by Crippen LogP contribution is -2.49. The number of anilines is 1. The number of nitrogen functional groups attached to an aromatic ring is 1. The zero-order chi connectivity index (χ0) is 17.0. The predicted molar refractivity (Wildman–Crippen MR) is 94.6 cm³/mol. The van der Waals surface area contributed by atoms with Crippen LogP contribution in [0.5, 0.6) is 0 Å². The number of piperidine rings is 1. The van der Waals surface area contributed by atoms with Crippen LogP contribution in [-0.4, -0.2) is 41.5 Å². The van der Waals surface area contributed by atoms with Gasteiger partial charge in [-0.1, -0.05) is 32.4 Å². The average molecular weight is 339 g/mol. The molecule has 0 bridgehead atoms. The molecule has 1 aromatic rings. The molecule has 0 radical (unpaired) electrons. The summed E-state index contributed by atoms with van der Waals surface area (Å²) in [6, 6.07) is 1.91. The Morgan fingerprint density at radius 2 is 2.13 bits per heavy atom. The van der Waals surface area contributed by atoms with Crippen molar-refractivity contribution in [2.75, 3.05) is 25.4 Å². The van der Waals surface area contributed by atoms with Crippen LogP contribution in [0.15, 0.2) is 12.3 Å². The smallest absolute Gasteiger partial charge is 0.252 e. The van der Waals surface area contributed by atoms with Crippen LogP contribution >= 0.6 is 11.6 Å². The van der Waals surface area contributed by atoms with Gasteiger partial charge in [-0.25, -0.2) is 4.98 Å². The van der Waals surface area contributed by atoms with Gasteiger partial charge in [0.25, 0.3) is 5.91 Å². The minimum Gasteiger partial charge on any atom is -0.382 e. The molecule has 2 heterocycles. The zero-order valence-corrected chi connectivity index (χ0v) is 14.9. The SMILES string of the molecule is CC1CCN([C@H](CNC(=O)c2cnc(N)c(Cl)c2)C(C)C)CC1. The number of carbonyl (C=O) groups excluding carboxylic acids is 1. The van der Waals surface area contributed by atoms with Gasteiger partial charge in [-0.15, -0.1) is 0 Å². The summed E-state index contributed by atoms with van der Waals surface area (Å²) < 4.78 is 0. The number of pyridine rings is 1. The van der Waals surface area contributed by atoms with Gasteiger partial charge in [0, 0.05) is 18.8 Å². The molecule has 2 rings (SSSR count). The molecular weight excluding hydrogens is 312 g/mol. The summed E-state index contributed by atoms with van der Waals surface area (Å²) in [5, 5.41) is 3.32. The maximum Gasteiger partial charge on any atom is 0.252 e. The predicted octanol–water partition coefficient (Wildman–Crippen LogP) is 2.80. The van der Waals surface area contributed by atoms with Crippen molar-refractivity contribution in [3.63, 3.8) is 0 Å². The Hall–Kier alpha value is -1.33. The Balaban J connectivity index is 1.95. The van der Waals surface area contributed by atoms with Crippen LogP contribution in [0.25, 0.3) is 0 Å². The number of nitrogens with two attached hydrogens (primary N) is 1. The normalized spacial score (nSPS) is 18.1. The van der Waals surface area contributed by atoms with E-state index >= 15 is 0 Å². The molecule has 1 atom stereocenters. The summed E-state index contributed by atoms with van der Waals surface area (Å²) >= 11 is 5.93. The monoisotopic (exact) mass is 338 g/mol. The topological polar surface area (TPSA) is 71.2 Å². The van der Waals surface area contributed by atoms with Crippen molar-refractivity contribution in [1.82, 2.24) is 15.2 Å². The molecule has 1 aromatic heterocycles. The quantitative estimate of drug-likeness (QED) is 0.866. The van der Waals surface area contributed by atoms with Crippen LogP contribution in [0, 0.1) is 11.8 Å². The zero-order valence-electron chi connectivity index (χ0n) is 14.2. The maximum atomic E-state index is 12.3. The highest BCUT2D eigenvalue weighted by atomic mass is 35.5. The number of likely N-dealkylation sites (tertiary alicyclic amines) is 1. The van der Waals surface area contributed by atoms with E-state index in [1.54, 1.807) is 6.07 Å². The van der Waals surface area contributed by atoms with Crippen LogP contribution in [0.4, 0.5) is 5.82 Å². The Kier molecular flexibility index (Phi) is 6.25. The third-order valence-electron chi connectivity index (χ3n) is 4.66. The summed E-state index contributed by atoms with van der Waals surface area (Å²) in [5.41, 5.74) is 6.02. The average Bonchev–Trinajstić information content (AvgIpc) is 2.51. The molecule has 3 N–H and O–H groups in total. The van der Waals surface area contributed by atoms with E-state index in [4.69, 9.17) is 17.3 Å². The maximum absolute atomic E-state index is 12.3. The van der Waals surface area contributed by atoms with Crippen molar-refractivity contribution in [1.29, 1.82) is 0 Å². The van der Waals surface area contributed by atoms with E-state index in [-0.39, 0.29) is 11.7 Å². The number of hydrogen-bond acceptors (Lipinski definition) is 4. The standard InChI is InChI=1S/C17H27ClN4O/c1-11(2)15(22-6-4-12(3)5-7-22)10-21-17(23)13-8-14(18)16(19)20-9-13/h8-9,11-12,15H,4-7,10H2,1-3H3,(H2,19,20)(H,21,23)/t15-/m1/s1. The molecule has 0 saturated carbocycles. The fraction of sp³-hybridized carbons (Fsp3) is 0.647. The van der Waals surface area contributed by atoms with Gasteiger partial charge in [-0.05, 0) is 43.8 Å². The Labute approximate surface area is 143 Å². The highest BCUT2D eigenvalue weighted by molar-refractivity contribution is 6.33. The van der Waals surface area contributed by atoms with Gasteiger partial charge < -0.3 is 11.1 Å². The van der Waals surface area contributed by atoms with Crippen molar-refractivity contribution in [3.05, 3.63) is 22.8 Å². The third-order valence-corrected chi connectivity index (χ3v) is 4.96. The third kappa shape index (κ3) is 4.82. The lowest BCUT2D eigenvalue weighted by atomic mass is 9.94. The summed E-state index contributed by atoms with van der Waals surface area (Å²) in [5.74, 6) is 1.37. The van der Waals surface area contributed by atoms with E-state index in [9.17, 15) is 4.79 Å². The number of amides is 1. The second kappa shape index (κ2) is 7.97. The summed E-state index contributed by atoms with van der Waals surface area (Å²) in [6.07, 6.45) is 3.92. The van der Waals surface area contributed by atoms with E-state index in [1.165, 1.54) is 19.0 Å². The molecule has 1 saturated heterocycles. The number of nitrogens with zero attached hydrogens (tertiary/aromatic N) is 2. The first-order valence-corrected chi connectivity index (χ1v) is 8.69. The highest BCUT2D eigenvalue weighted by Gasteiger charge is 2.26. The Morgan fingerprint density at radius 1 is 1.48 bits per heavy atom. The largest absolute Gasteiger partial charge is 0.382 e. The van der Waals surface area contributed by atoms with Crippen LogP contribution in [0.1, 0.15) is 44.0 Å². The number of aromatic nitrogens is 1. The Bertz CT molecular complexity index is 541. The fourth-order valence-electron chi connectivity index (χ4n) is 3.02. The minimum atomic E-state index is -0.157. The van der Waals surface area contributed by atoms with E-state index in [1.807, 2.05) is 0 Å². The van der Waals surface area contributed by atoms with Gasteiger partial charge in [0.1, 0.15) is 5.82 Å². The van der Waals surface area contributed by atoms with E-state index in [0.717, 1.165) is 19.0 Å². The summed E-state index contributed by atoms with van der Waals surface area (Å²) in [7, 11) is 0. The molecule has 0 unspecified atom stereocenters. The molecule has 0 aromatic carbocycles. The minimum absolute atomic E-state index is 0.157. The first-order valence-electron chi connectivity index (χ1n) is 8.31. The number of carbonyl (C=O) groups is 1. The van der Waals surface area contributed by atoms with Crippen LogP contribution < -0.4 is 11.1 Å². The van der Waals surface area contributed by atoms with Crippen LogP contribution in [-0.2, 0) is 0 Å². The van der Waals surface area contributed by atoms with Crippen molar-refractivity contribution < 1.29 is 4.79 Å². The molecule has 1 amide bonds. The molecule has 5 nitrogen and oxygen atoms in total. The number of hydrogen-bond donors (Lipinski definition) is 2. The van der Waals surface area contributed by atoms with Crippen LogP contribution in [0.3, 0.4) is 0 Å². The number of halogens is 1. The molecule has 23 heavy (non-hydrogen) atoms. The van der Waals surface area contributed by atoms with Gasteiger partial charge in [-0.2, -0.15) is 0 Å².